The molecule has 1 N–H and O–H groups in total. The van der Waals surface area contributed by atoms with E-state index < -0.39 is 6.10 Å². The van der Waals surface area contributed by atoms with E-state index >= 15 is 0 Å². The first-order chi connectivity index (χ1) is 20.0. The highest BCUT2D eigenvalue weighted by molar-refractivity contribution is 6.00. The minimum Gasteiger partial charge on any atom is -0.388 e. The molecule has 0 spiro atoms. The summed E-state index contributed by atoms with van der Waals surface area (Å²) in [5.74, 6) is 0.189. The van der Waals surface area contributed by atoms with Crippen LogP contribution in [-0.2, 0) is 6.42 Å². The van der Waals surface area contributed by atoms with Crippen molar-refractivity contribution in [2.45, 2.75) is 50.5 Å². The van der Waals surface area contributed by atoms with Gasteiger partial charge >= 0.3 is 0 Å². The molecule has 5 atom stereocenters. The van der Waals surface area contributed by atoms with E-state index in [-0.39, 0.29) is 29.4 Å². The summed E-state index contributed by atoms with van der Waals surface area (Å²) in [4.78, 5) is 19.1. The summed E-state index contributed by atoms with van der Waals surface area (Å²) in [5.41, 5.74) is 5.22. The monoisotopic (exact) mass is 544 g/mol. The van der Waals surface area contributed by atoms with Crippen molar-refractivity contribution in [3.63, 3.8) is 0 Å². The molecule has 3 aromatic carbocycles. The summed E-state index contributed by atoms with van der Waals surface area (Å²) < 4.78 is 13.8. The van der Waals surface area contributed by atoms with Crippen LogP contribution in [0.5, 0.6) is 0 Å². The van der Waals surface area contributed by atoms with Gasteiger partial charge in [-0.05, 0) is 91.8 Å². The number of hydrogen-bond donors (Lipinski definition) is 1. The van der Waals surface area contributed by atoms with E-state index in [1.807, 2.05) is 48.5 Å². The molecule has 5 heteroatoms. The second-order valence-electron chi connectivity index (χ2n) is 11.5. The molecule has 2 aliphatic carbocycles. The lowest BCUT2D eigenvalue weighted by atomic mass is 9.64. The molecule has 206 valence electrons. The van der Waals surface area contributed by atoms with Crippen LogP contribution >= 0.6 is 0 Å². The van der Waals surface area contributed by atoms with Gasteiger partial charge in [-0.2, -0.15) is 5.26 Å². The lowest BCUT2D eigenvalue weighted by Crippen LogP contribution is -2.36. The Morgan fingerprint density at radius 2 is 1.71 bits per heavy atom. The molecule has 2 aliphatic rings. The second-order valence-corrected chi connectivity index (χ2v) is 11.5. The van der Waals surface area contributed by atoms with Crippen molar-refractivity contribution >= 4 is 5.78 Å². The van der Waals surface area contributed by atoms with E-state index in [0.29, 0.717) is 34.7 Å². The number of pyridine rings is 1. The highest BCUT2D eigenvalue weighted by Crippen LogP contribution is 2.49. The predicted molar refractivity (Wildman–Crippen MR) is 157 cm³/mol. The molecule has 0 saturated heterocycles. The van der Waals surface area contributed by atoms with E-state index in [0.717, 1.165) is 43.4 Å². The fraction of sp³-hybridized carbons (Fsp3) is 0.306. The standard InChI is InChI=1S/C36H33FN2O2/c37-28-11-6-10-26(20-28)34(40)21-25-13-15-30(25)35-32(17-18-33(39-35)29-12-5-4-9-27(29)22-38)36(41)31-16-14-24(31)19-23-7-2-1-3-8-23/h1-12,17-18,20,24-25,30-31,34,40H,13-16,19,21H2/t24?,25-,30?,31?,34?/m1/s1. The van der Waals surface area contributed by atoms with Crippen molar-refractivity contribution in [2.24, 2.45) is 17.8 Å². The van der Waals surface area contributed by atoms with E-state index in [1.165, 1.54) is 17.7 Å². The lowest BCUT2D eigenvalue weighted by molar-refractivity contribution is 0.0731. The molecule has 1 heterocycles. The molecular formula is C36H33FN2O2. The summed E-state index contributed by atoms with van der Waals surface area (Å²) in [7, 11) is 0. The molecule has 1 aromatic heterocycles. The first-order valence-corrected chi connectivity index (χ1v) is 14.5. The summed E-state index contributed by atoms with van der Waals surface area (Å²) >= 11 is 0. The molecule has 0 amide bonds. The Bertz CT molecular complexity index is 1590. The molecule has 4 aromatic rings. The largest absolute Gasteiger partial charge is 0.388 e. The third-order valence-corrected chi connectivity index (χ3v) is 9.14. The number of nitriles is 1. The lowest BCUT2D eigenvalue weighted by Gasteiger charge is -2.40. The van der Waals surface area contributed by atoms with Gasteiger partial charge in [-0.15, -0.1) is 0 Å². The molecule has 6 rings (SSSR count). The van der Waals surface area contributed by atoms with Gasteiger partial charge in [0.15, 0.2) is 5.78 Å². The van der Waals surface area contributed by atoms with Crippen molar-refractivity contribution in [3.05, 3.63) is 125 Å². The average molecular weight is 545 g/mol. The Balaban J connectivity index is 1.31. The first kappa shape index (κ1) is 27.1. The average Bonchev–Trinajstić information content (AvgIpc) is 2.98. The highest BCUT2D eigenvalue weighted by Gasteiger charge is 2.41. The zero-order valence-electron chi connectivity index (χ0n) is 22.9. The van der Waals surface area contributed by atoms with Crippen molar-refractivity contribution in [3.8, 4) is 17.3 Å². The zero-order chi connectivity index (χ0) is 28.3. The van der Waals surface area contributed by atoms with Crippen LogP contribution in [0.25, 0.3) is 11.3 Å². The Hall–Kier alpha value is -4.14. The number of Topliss-reactive ketones (excluding diaryl/α,β-unsaturated/α-hetero) is 1. The number of benzene rings is 3. The van der Waals surface area contributed by atoms with Crippen LogP contribution in [0.15, 0.2) is 91.0 Å². The minimum atomic E-state index is -0.790. The third-order valence-electron chi connectivity index (χ3n) is 9.14. The maximum absolute atomic E-state index is 14.1. The molecule has 0 bridgehead atoms. The van der Waals surface area contributed by atoms with Crippen LogP contribution in [0, 0.1) is 34.9 Å². The summed E-state index contributed by atoms with van der Waals surface area (Å²) in [6.07, 6.45) is 4.26. The number of aliphatic hydroxyl groups excluding tert-OH is 1. The van der Waals surface area contributed by atoms with Gasteiger partial charge in [0.05, 0.1) is 29.1 Å². The van der Waals surface area contributed by atoms with Crippen molar-refractivity contribution in [1.82, 2.24) is 4.98 Å². The van der Waals surface area contributed by atoms with Gasteiger partial charge in [-0.1, -0.05) is 60.7 Å². The number of rotatable bonds is 9. The second kappa shape index (κ2) is 11.8. The van der Waals surface area contributed by atoms with Gasteiger partial charge in [0.2, 0.25) is 0 Å². The molecule has 0 aliphatic heterocycles. The van der Waals surface area contributed by atoms with Crippen LogP contribution in [-0.4, -0.2) is 15.9 Å². The Morgan fingerprint density at radius 3 is 2.41 bits per heavy atom. The third kappa shape index (κ3) is 5.58. The topological polar surface area (TPSA) is 74.0 Å². The number of carbonyl (C=O) groups is 1. The van der Waals surface area contributed by atoms with Crippen LogP contribution in [0.3, 0.4) is 0 Å². The summed E-state index contributed by atoms with van der Waals surface area (Å²) in [5, 5.41) is 20.6. The number of halogens is 1. The Kier molecular flexibility index (Phi) is 7.76. The number of aromatic nitrogens is 1. The molecule has 2 saturated carbocycles. The molecule has 41 heavy (non-hydrogen) atoms. The summed E-state index contributed by atoms with van der Waals surface area (Å²) in [6.45, 7) is 0. The van der Waals surface area contributed by atoms with Gasteiger partial charge in [-0.25, -0.2) is 4.39 Å². The van der Waals surface area contributed by atoms with Crippen molar-refractivity contribution in [1.29, 1.82) is 5.26 Å². The van der Waals surface area contributed by atoms with Gasteiger partial charge < -0.3 is 5.11 Å². The van der Waals surface area contributed by atoms with Crippen LogP contribution < -0.4 is 0 Å². The van der Waals surface area contributed by atoms with E-state index in [2.05, 4.69) is 18.2 Å². The normalized spacial score (nSPS) is 22.2. The Labute approximate surface area is 240 Å². The van der Waals surface area contributed by atoms with Gasteiger partial charge in [0, 0.05) is 23.0 Å². The zero-order valence-corrected chi connectivity index (χ0v) is 22.9. The number of aliphatic hydroxyl groups is 1. The quantitative estimate of drug-likeness (QED) is 0.218. The SMILES string of the molecule is N#Cc1ccccc1-c1ccc(C(=O)C2CCC2Cc2ccccc2)c(C2CC[C@@H]2CC(O)c2cccc(F)c2)n1. The fourth-order valence-electron chi connectivity index (χ4n) is 6.54. The van der Waals surface area contributed by atoms with Gasteiger partial charge in [-0.3, -0.25) is 9.78 Å². The predicted octanol–water partition coefficient (Wildman–Crippen LogP) is 7.83. The van der Waals surface area contributed by atoms with Gasteiger partial charge in [0.25, 0.3) is 0 Å². The molecule has 2 fully saturated rings. The van der Waals surface area contributed by atoms with E-state index in [1.54, 1.807) is 18.2 Å². The summed E-state index contributed by atoms with van der Waals surface area (Å²) in [6, 6.07) is 29.9. The Morgan fingerprint density at radius 1 is 0.927 bits per heavy atom. The maximum Gasteiger partial charge on any atom is 0.168 e. The van der Waals surface area contributed by atoms with Crippen LogP contribution in [0.4, 0.5) is 4.39 Å². The van der Waals surface area contributed by atoms with Gasteiger partial charge in [0.1, 0.15) is 5.82 Å². The smallest absolute Gasteiger partial charge is 0.168 e. The first-order valence-electron chi connectivity index (χ1n) is 14.5. The maximum atomic E-state index is 14.1. The highest BCUT2D eigenvalue weighted by atomic mass is 19.1. The molecule has 4 nitrogen and oxygen atoms in total. The number of hydrogen-bond acceptors (Lipinski definition) is 4. The number of ketones is 1. The molecule has 4 unspecified atom stereocenters. The fourth-order valence-corrected chi connectivity index (χ4v) is 6.54. The van der Waals surface area contributed by atoms with Crippen LogP contribution in [0.1, 0.15) is 76.9 Å². The number of carbonyl (C=O) groups excluding carboxylic acids is 1. The van der Waals surface area contributed by atoms with Crippen LogP contribution in [0.2, 0.25) is 0 Å². The molecular weight excluding hydrogens is 511 g/mol. The minimum absolute atomic E-state index is 0.0130. The molecule has 0 radical (unpaired) electrons. The van der Waals surface area contributed by atoms with Crippen molar-refractivity contribution < 1.29 is 14.3 Å². The number of nitrogens with zero attached hydrogens (tertiary/aromatic N) is 2. The van der Waals surface area contributed by atoms with E-state index in [4.69, 9.17) is 4.98 Å². The van der Waals surface area contributed by atoms with Crippen molar-refractivity contribution in [2.75, 3.05) is 0 Å². The van der Waals surface area contributed by atoms with E-state index in [9.17, 15) is 19.6 Å².